The molecule has 4 rings (SSSR count). The van der Waals surface area contributed by atoms with Crippen molar-refractivity contribution in [2.75, 3.05) is 5.01 Å². The van der Waals surface area contributed by atoms with Crippen LogP contribution in [0.3, 0.4) is 0 Å². The largest absolute Gasteiger partial charge is 0.545 e. The fraction of sp³-hybridized carbons (Fsp3) is 0.0800. The molecule has 0 aliphatic carbocycles. The van der Waals surface area contributed by atoms with Crippen molar-refractivity contribution in [3.63, 3.8) is 0 Å². The number of carbonyl (C=O) groups is 2. The minimum absolute atomic E-state index is 0.0785. The number of benzene rings is 3. The first-order valence-corrected chi connectivity index (χ1v) is 9.72. The van der Waals surface area contributed by atoms with Crippen LogP contribution in [0.5, 0.6) is 5.75 Å². The van der Waals surface area contributed by atoms with Gasteiger partial charge in [-0.25, -0.2) is 0 Å². The Labute approximate surface area is 179 Å². The maximum absolute atomic E-state index is 12.9. The molecule has 1 aliphatic rings. The highest BCUT2D eigenvalue weighted by molar-refractivity contribution is 6.32. The molecule has 0 fully saturated rings. The minimum Gasteiger partial charge on any atom is -0.545 e. The molecule has 1 amide bonds. The first-order chi connectivity index (χ1) is 15.0. The zero-order valence-corrected chi connectivity index (χ0v) is 16.8. The van der Waals surface area contributed by atoms with E-state index in [4.69, 9.17) is 4.74 Å². The molecule has 0 atom stereocenters. The van der Waals surface area contributed by atoms with E-state index in [1.165, 1.54) is 11.1 Å². The molecule has 31 heavy (non-hydrogen) atoms. The highest BCUT2D eigenvalue weighted by Gasteiger charge is 2.28. The molecule has 1 heterocycles. The van der Waals surface area contributed by atoms with E-state index in [0.29, 0.717) is 22.5 Å². The number of carbonyl (C=O) groups excluding carboxylic acids is 2. The summed E-state index contributed by atoms with van der Waals surface area (Å²) in [4.78, 5) is 24.5. The van der Waals surface area contributed by atoms with Gasteiger partial charge in [0.15, 0.2) is 0 Å². The van der Waals surface area contributed by atoms with Crippen LogP contribution in [-0.4, -0.2) is 17.6 Å². The molecular formula is C25H19N2O4-. The summed E-state index contributed by atoms with van der Waals surface area (Å²) >= 11 is 0. The molecule has 6 nitrogen and oxygen atoms in total. The van der Waals surface area contributed by atoms with Crippen molar-refractivity contribution in [2.24, 2.45) is 5.10 Å². The van der Waals surface area contributed by atoms with Gasteiger partial charge < -0.3 is 14.6 Å². The molecule has 0 aromatic heterocycles. The summed E-state index contributed by atoms with van der Waals surface area (Å²) in [6.45, 7) is 1.97. The highest BCUT2D eigenvalue weighted by Crippen LogP contribution is 2.27. The van der Waals surface area contributed by atoms with Gasteiger partial charge in [-0.3, -0.25) is 4.79 Å². The average molecular weight is 411 g/mol. The van der Waals surface area contributed by atoms with Crippen molar-refractivity contribution in [3.8, 4) is 5.75 Å². The van der Waals surface area contributed by atoms with Crippen LogP contribution in [0.4, 0.5) is 5.69 Å². The van der Waals surface area contributed by atoms with Crippen molar-refractivity contribution in [1.82, 2.24) is 0 Å². The smallest absolute Gasteiger partial charge is 0.280 e. The lowest BCUT2D eigenvalue weighted by atomic mass is 10.0. The zero-order chi connectivity index (χ0) is 21.8. The Bertz CT molecular complexity index is 1180. The van der Waals surface area contributed by atoms with Crippen molar-refractivity contribution in [3.05, 3.63) is 101 Å². The Morgan fingerprint density at radius 2 is 1.71 bits per heavy atom. The first kappa shape index (κ1) is 20.1. The molecule has 0 unspecified atom stereocenters. The summed E-state index contributed by atoms with van der Waals surface area (Å²) in [5.74, 6) is -1.42. The maximum atomic E-state index is 12.9. The maximum Gasteiger partial charge on any atom is 0.280 e. The van der Waals surface area contributed by atoms with Crippen LogP contribution in [-0.2, 0) is 11.4 Å². The third kappa shape index (κ3) is 4.38. The third-order valence-corrected chi connectivity index (χ3v) is 4.84. The van der Waals surface area contributed by atoms with Crippen molar-refractivity contribution >= 4 is 29.4 Å². The Morgan fingerprint density at radius 1 is 1.03 bits per heavy atom. The molecular weight excluding hydrogens is 392 g/mol. The predicted octanol–water partition coefficient (Wildman–Crippen LogP) is 3.44. The van der Waals surface area contributed by atoms with E-state index in [9.17, 15) is 14.7 Å². The van der Waals surface area contributed by atoms with Gasteiger partial charge in [-0.15, -0.1) is 0 Å². The van der Waals surface area contributed by atoms with E-state index in [1.54, 1.807) is 37.3 Å². The van der Waals surface area contributed by atoms with Crippen LogP contribution in [0.15, 0.2) is 89.5 Å². The van der Waals surface area contributed by atoms with Crippen LogP contribution >= 0.6 is 0 Å². The number of aromatic carboxylic acids is 1. The molecule has 0 N–H and O–H groups in total. The van der Waals surface area contributed by atoms with Gasteiger partial charge in [0.05, 0.1) is 22.9 Å². The number of hydrogen-bond acceptors (Lipinski definition) is 5. The van der Waals surface area contributed by atoms with Crippen LogP contribution in [0, 0.1) is 0 Å². The molecule has 0 radical (unpaired) electrons. The van der Waals surface area contributed by atoms with Crippen molar-refractivity contribution in [2.45, 2.75) is 13.5 Å². The minimum atomic E-state index is -1.35. The van der Waals surface area contributed by atoms with Gasteiger partial charge in [-0.2, -0.15) is 10.1 Å². The molecule has 154 valence electrons. The number of carboxylic acid groups (broad SMARTS) is 1. The summed E-state index contributed by atoms with van der Waals surface area (Å²) in [5, 5.41) is 17.3. The van der Waals surface area contributed by atoms with Crippen LogP contribution in [0.1, 0.15) is 28.4 Å². The van der Waals surface area contributed by atoms with Crippen LogP contribution in [0.2, 0.25) is 0 Å². The summed E-state index contributed by atoms with van der Waals surface area (Å²) < 4.78 is 5.69. The van der Waals surface area contributed by atoms with E-state index in [-0.39, 0.29) is 23.8 Å². The van der Waals surface area contributed by atoms with Gasteiger partial charge in [-0.05, 0) is 48.4 Å². The number of para-hydroxylation sites is 1. The molecule has 0 spiro atoms. The van der Waals surface area contributed by atoms with E-state index in [1.807, 2.05) is 48.5 Å². The lowest BCUT2D eigenvalue weighted by Gasteiger charge is -2.13. The Morgan fingerprint density at radius 3 is 2.39 bits per heavy atom. The lowest BCUT2D eigenvalue weighted by molar-refractivity contribution is -0.255. The quantitative estimate of drug-likeness (QED) is 0.582. The normalized spacial score (nSPS) is 14.6. The van der Waals surface area contributed by atoms with Gasteiger partial charge in [0, 0.05) is 5.56 Å². The number of nitrogens with zero attached hydrogens (tertiary/aromatic N) is 2. The summed E-state index contributed by atoms with van der Waals surface area (Å²) in [6, 6.07) is 23.3. The summed E-state index contributed by atoms with van der Waals surface area (Å²) in [7, 11) is 0. The number of anilines is 1. The third-order valence-electron chi connectivity index (χ3n) is 4.84. The molecule has 6 heteroatoms. The molecule has 3 aromatic carbocycles. The first-order valence-electron chi connectivity index (χ1n) is 9.72. The number of amides is 1. The number of hydrogen-bond donors (Lipinski definition) is 0. The second-order valence-electron chi connectivity index (χ2n) is 7.01. The van der Waals surface area contributed by atoms with Gasteiger partial charge in [-0.1, -0.05) is 54.6 Å². The highest BCUT2D eigenvalue weighted by atomic mass is 16.5. The fourth-order valence-corrected chi connectivity index (χ4v) is 3.25. The molecule has 0 saturated heterocycles. The van der Waals surface area contributed by atoms with E-state index >= 15 is 0 Å². The standard InChI is InChI=1S/C25H20N2O4/c1-17-21(24(28)27(26-17)20-10-6-3-7-11-20)14-19-12-13-23(22(15-19)25(29)30)31-16-18-8-4-2-5-9-18/h2-15H,16H2,1H3,(H,29,30)/p-1/b21-14-. The molecule has 0 bridgehead atoms. The van der Waals surface area contributed by atoms with Gasteiger partial charge >= 0.3 is 0 Å². The van der Waals surface area contributed by atoms with E-state index in [0.717, 1.165) is 5.56 Å². The Balaban J connectivity index is 1.59. The van der Waals surface area contributed by atoms with Crippen LogP contribution in [0.25, 0.3) is 6.08 Å². The monoisotopic (exact) mass is 411 g/mol. The van der Waals surface area contributed by atoms with E-state index < -0.39 is 5.97 Å². The Kier molecular flexibility index (Phi) is 5.62. The number of ether oxygens (including phenoxy) is 1. The SMILES string of the molecule is CC1=NN(c2ccccc2)C(=O)/C1=C\c1ccc(OCc2ccccc2)c(C(=O)[O-])c1. The molecule has 3 aromatic rings. The second-order valence-corrected chi connectivity index (χ2v) is 7.01. The summed E-state index contributed by atoms with van der Waals surface area (Å²) in [5.41, 5.74) is 2.99. The van der Waals surface area contributed by atoms with Crippen molar-refractivity contribution < 1.29 is 19.4 Å². The lowest BCUT2D eigenvalue weighted by Crippen LogP contribution is -2.23. The van der Waals surface area contributed by atoms with Crippen LogP contribution < -0.4 is 14.9 Å². The average Bonchev–Trinajstić information content (AvgIpc) is 3.07. The fourth-order valence-electron chi connectivity index (χ4n) is 3.25. The number of rotatable bonds is 6. The van der Waals surface area contributed by atoms with Gasteiger partial charge in [0.1, 0.15) is 12.4 Å². The van der Waals surface area contributed by atoms with Gasteiger partial charge in [0.2, 0.25) is 0 Å². The Hall–Kier alpha value is -4.19. The zero-order valence-electron chi connectivity index (χ0n) is 16.8. The predicted molar refractivity (Wildman–Crippen MR) is 117 cm³/mol. The summed E-state index contributed by atoms with van der Waals surface area (Å²) in [6.07, 6.45) is 1.62. The number of hydrazone groups is 1. The van der Waals surface area contributed by atoms with Gasteiger partial charge in [0.25, 0.3) is 5.91 Å². The van der Waals surface area contributed by atoms with Crippen molar-refractivity contribution in [1.29, 1.82) is 0 Å². The molecule has 0 saturated carbocycles. The number of carboxylic acids is 1. The second kappa shape index (κ2) is 8.67. The molecule has 1 aliphatic heterocycles. The topological polar surface area (TPSA) is 82.0 Å². The van der Waals surface area contributed by atoms with E-state index in [2.05, 4.69) is 5.10 Å².